The van der Waals surface area contributed by atoms with Crippen molar-refractivity contribution in [1.82, 2.24) is 24.5 Å². The fourth-order valence-corrected chi connectivity index (χ4v) is 3.11. The number of imidazole rings is 1. The zero-order chi connectivity index (χ0) is 14.8. The minimum atomic E-state index is 0.482. The van der Waals surface area contributed by atoms with Gasteiger partial charge >= 0.3 is 0 Å². The molecular formula is C13H14ClN5OS. The summed E-state index contributed by atoms with van der Waals surface area (Å²) in [5, 5.41) is 0. The molecule has 0 amide bonds. The summed E-state index contributed by atoms with van der Waals surface area (Å²) in [5.74, 6) is 1.86. The van der Waals surface area contributed by atoms with Crippen LogP contribution in [0.3, 0.4) is 0 Å². The van der Waals surface area contributed by atoms with Crippen LogP contribution in [-0.4, -0.2) is 37.5 Å². The molecule has 21 heavy (non-hydrogen) atoms. The molecular weight excluding hydrogens is 310 g/mol. The maximum absolute atomic E-state index is 5.89. The fourth-order valence-electron chi connectivity index (χ4n) is 2.17. The van der Waals surface area contributed by atoms with Crippen molar-refractivity contribution in [2.24, 2.45) is 0 Å². The standard InChI is InChI=1S/C13H14ClN5OS/c1-8-9(21-7-17-8)5-19-10(3-4-14)18-11-12(19)15-6-16-13(11)20-2/h6-7H,3-5H2,1-2H3. The van der Waals surface area contributed by atoms with Crippen LogP contribution in [0.1, 0.15) is 16.4 Å². The lowest BCUT2D eigenvalue weighted by atomic mass is 10.3. The lowest BCUT2D eigenvalue weighted by Crippen LogP contribution is -2.06. The van der Waals surface area contributed by atoms with Crippen molar-refractivity contribution in [3.8, 4) is 5.88 Å². The average molecular weight is 324 g/mol. The van der Waals surface area contributed by atoms with Gasteiger partial charge in [0.15, 0.2) is 11.2 Å². The van der Waals surface area contributed by atoms with Gasteiger partial charge in [-0.1, -0.05) is 0 Å². The molecule has 0 atom stereocenters. The van der Waals surface area contributed by atoms with E-state index >= 15 is 0 Å². The predicted octanol–water partition coefficient (Wildman–Crippen LogP) is 2.43. The minimum Gasteiger partial charge on any atom is -0.479 e. The van der Waals surface area contributed by atoms with Crippen LogP contribution in [0.5, 0.6) is 5.88 Å². The Morgan fingerprint density at radius 3 is 2.86 bits per heavy atom. The molecule has 0 bridgehead atoms. The molecule has 0 radical (unpaired) electrons. The zero-order valence-electron chi connectivity index (χ0n) is 11.7. The first kappa shape index (κ1) is 14.2. The lowest BCUT2D eigenvalue weighted by Gasteiger charge is -2.06. The van der Waals surface area contributed by atoms with Gasteiger partial charge in [-0.3, -0.25) is 0 Å². The number of aromatic nitrogens is 5. The van der Waals surface area contributed by atoms with Gasteiger partial charge in [-0.15, -0.1) is 22.9 Å². The van der Waals surface area contributed by atoms with E-state index in [1.165, 1.54) is 11.2 Å². The first-order valence-corrected chi connectivity index (χ1v) is 7.85. The quantitative estimate of drug-likeness (QED) is 0.675. The molecule has 0 saturated heterocycles. The number of hydrogen-bond donors (Lipinski definition) is 0. The summed E-state index contributed by atoms with van der Waals surface area (Å²) in [7, 11) is 1.58. The molecule has 0 aliphatic rings. The largest absolute Gasteiger partial charge is 0.479 e. The molecule has 0 unspecified atom stereocenters. The number of nitrogens with zero attached hydrogens (tertiary/aromatic N) is 5. The van der Waals surface area contributed by atoms with Crippen LogP contribution in [-0.2, 0) is 13.0 Å². The van der Waals surface area contributed by atoms with Gasteiger partial charge in [-0.25, -0.2) is 15.0 Å². The number of ether oxygens (including phenoxy) is 1. The van der Waals surface area contributed by atoms with Crippen molar-refractivity contribution in [3.63, 3.8) is 0 Å². The topological polar surface area (TPSA) is 65.7 Å². The van der Waals surface area contributed by atoms with Crippen molar-refractivity contribution < 1.29 is 4.74 Å². The molecule has 3 aromatic heterocycles. The second kappa shape index (κ2) is 5.95. The van der Waals surface area contributed by atoms with Crippen molar-refractivity contribution in [2.75, 3.05) is 13.0 Å². The van der Waals surface area contributed by atoms with Gasteiger partial charge in [-0.05, 0) is 6.92 Å². The van der Waals surface area contributed by atoms with Crippen molar-refractivity contribution >= 4 is 34.1 Å². The van der Waals surface area contributed by atoms with Crippen LogP contribution in [0, 0.1) is 6.92 Å². The van der Waals surface area contributed by atoms with E-state index in [4.69, 9.17) is 16.3 Å². The molecule has 0 aliphatic carbocycles. The minimum absolute atomic E-state index is 0.482. The molecule has 0 aliphatic heterocycles. The number of aryl methyl sites for hydroxylation is 2. The highest BCUT2D eigenvalue weighted by Crippen LogP contribution is 2.24. The second-order valence-corrected chi connectivity index (χ2v) is 5.79. The highest BCUT2D eigenvalue weighted by molar-refractivity contribution is 7.09. The third kappa shape index (κ3) is 2.58. The maximum Gasteiger partial charge on any atom is 0.245 e. The number of hydrogen-bond acceptors (Lipinski definition) is 6. The highest BCUT2D eigenvalue weighted by Gasteiger charge is 2.17. The number of alkyl halides is 1. The summed E-state index contributed by atoms with van der Waals surface area (Å²) in [4.78, 5) is 18.5. The highest BCUT2D eigenvalue weighted by atomic mass is 35.5. The zero-order valence-corrected chi connectivity index (χ0v) is 13.3. The maximum atomic E-state index is 5.89. The Morgan fingerprint density at radius 2 is 2.19 bits per heavy atom. The molecule has 3 aromatic rings. The number of rotatable bonds is 5. The Morgan fingerprint density at radius 1 is 1.33 bits per heavy atom. The summed E-state index contributed by atoms with van der Waals surface area (Å²) < 4.78 is 7.32. The summed E-state index contributed by atoms with van der Waals surface area (Å²) in [6.45, 7) is 2.68. The smallest absolute Gasteiger partial charge is 0.245 e. The van der Waals surface area contributed by atoms with E-state index in [1.807, 2.05) is 12.4 Å². The Balaban J connectivity index is 2.14. The van der Waals surface area contributed by atoms with Gasteiger partial charge in [0.05, 0.1) is 24.9 Å². The number of methoxy groups -OCH3 is 1. The summed E-state index contributed by atoms with van der Waals surface area (Å²) in [6, 6.07) is 0. The monoisotopic (exact) mass is 323 g/mol. The van der Waals surface area contributed by atoms with Crippen LogP contribution >= 0.6 is 22.9 Å². The van der Waals surface area contributed by atoms with Crippen LogP contribution in [0.2, 0.25) is 0 Å². The average Bonchev–Trinajstić information content (AvgIpc) is 3.05. The normalized spacial score (nSPS) is 11.2. The van der Waals surface area contributed by atoms with E-state index in [9.17, 15) is 0 Å². The van der Waals surface area contributed by atoms with E-state index in [0.717, 1.165) is 17.2 Å². The lowest BCUT2D eigenvalue weighted by molar-refractivity contribution is 0.401. The Bertz CT molecular complexity index is 769. The van der Waals surface area contributed by atoms with E-state index in [1.54, 1.807) is 18.4 Å². The first-order chi connectivity index (χ1) is 10.2. The molecule has 0 saturated carbocycles. The van der Waals surface area contributed by atoms with Crippen LogP contribution < -0.4 is 4.74 Å². The number of thiazole rings is 1. The van der Waals surface area contributed by atoms with Crippen molar-refractivity contribution in [3.05, 3.63) is 28.2 Å². The summed E-state index contributed by atoms with van der Waals surface area (Å²) >= 11 is 7.52. The third-order valence-corrected chi connectivity index (χ3v) is 4.34. The molecule has 0 spiro atoms. The molecule has 0 aromatic carbocycles. The van der Waals surface area contributed by atoms with Crippen molar-refractivity contribution in [1.29, 1.82) is 0 Å². The van der Waals surface area contributed by atoms with Gasteiger partial charge in [0.1, 0.15) is 12.2 Å². The SMILES string of the molecule is COc1ncnc2c1nc(CCCl)n2Cc1scnc1C. The second-order valence-electron chi connectivity index (χ2n) is 4.47. The molecule has 0 fully saturated rings. The number of halogens is 1. The summed E-state index contributed by atoms with van der Waals surface area (Å²) in [6.07, 6.45) is 2.16. The van der Waals surface area contributed by atoms with E-state index in [-0.39, 0.29) is 0 Å². The predicted molar refractivity (Wildman–Crippen MR) is 82.3 cm³/mol. The van der Waals surface area contributed by atoms with Gasteiger partial charge in [0.2, 0.25) is 5.88 Å². The van der Waals surface area contributed by atoms with Gasteiger partial charge < -0.3 is 9.30 Å². The molecule has 6 nitrogen and oxygen atoms in total. The summed E-state index contributed by atoms with van der Waals surface area (Å²) in [5.41, 5.74) is 4.30. The Hall–Kier alpha value is -1.73. The first-order valence-electron chi connectivity index (χ1n) is 6.43. The number of fused-ring (bicyclic) bond motifs is 1. The molecule has 3 heterocycles. The molecule has 0 N–H and O–H groups in total. The molecule has 8 heteroatoms. The van der Waals surface area contributed by atoms with Crippen molar-refractivity contribution in [2.45, 2.75) is 19.9 Å². The van der Waals surface area contributed by atoms with Crippen LogP contribution in [0.25, 0.3) is 11.2 Å². The van der Waals surface area contributed by atoms with Crippen LogP contribution in [0.4, 0.5) is 0 Å². The van der Waals surface area contributed by atoms with Gasteiger partial charge in [-0.2, -0.15) is 4.98 Å². The van der Waals surface area contributed by atoms with Gasteiger partial charge in [0.25, 0.3) is 0 Å². The van der Waals surface area contributed by atoms with E-state index < -0.39 is 0 Å². The Labute approximate surface area is 130 Å². The molecule has 110 valence electrons. The molecule has 3 rings (SSSR count). The Kier molecular flexibility index (Phi) is 4.03. The fraction of sp³-hybridized carbons (Fsp3) is 0.385. The van der Waals surface area contributed by atoms with Gasteiger partial charge in [0, 0.05) is 17.2 Å². The third-order valence-electron chi connectivity index (χ3n) is 3.24. The van der Waals surface area contributed by atoms with E-state index in [2.05, 4.69) is 24.5 Å². The van der Waals surface area contributed by atoms with Crippen LogP contribution in [0.15, 0.2) is 11.8 Å². The van der Waals surface area contributed by atoms with E-state index in [0.29, 0.717) is 30.2 Å².